The lowest BCUT2D eigenvalue weighted by Gasteiger charge is -2.20. The van der Waals surface area contributed by atoms with Gasteiger partial charge in [0, 0.05) is 92.7 Å². The van der Waals surface area contributed by atoms with E-state index in [9.17, 15) is 33.9 Å². The van der Waals surface area contributed by atoms with Gasteiger partial charge in [0.15, 0.2) is 28.5 Å². The molecule has 6 atom stereocenters. The molecule has 0 saturated heterocycles. The van der Waals surface area contributed by atoms with Crippen LogP contribution in [0.15, 0.2) is 48.7 Å². The minimum atomic E-state index is -1.34. The number of fused-ring (bicyclic) bond motifs is 9. The van der Waals surface area contributed by atoms with E-state index in [1.807, 2.05) is 39.0 Å². The van der Waals surface area contributed by atoms with Crippen molar-refractivity contribution in [2.75, 3.05) is 30.4 Å². The molecule has 0 saturated carbocycles. The second-order valence-corrected chi connectivity index (χ2v) is 19.1. The van der Waals surface area contributed by atoms with Crippen LogP contribution < -0.4 is 27.4 Å². The van der Waals surface area contributed by atoms with Crippen LogP contribution in [-0.4, -0.2) is 100.0 Å². The molecule has 2 amide bonds. The summed E-state index contributed by atoms with van der Waals surface area (Å²) in [6.07, 6.45) is 2.21. The fourth-order valence-corrected chi connectivity index (χ4v) is 10.6. The highest BCUT2D eigenvalue weighted by atomic mass is 16.5. The second-order valence-electron chi connectivity index (χ2n) is 19.1. The van der Waals surface area contributed by atoms with E-state index in [1.165, 1.54) is 20.2 Å². The van der Waals surface area contributed by atoms with E-state index in [0.717, 1.165) is 17.8 Å². The van der Waals surface area contributed by atoms with Crippen molar-refractivity contribution in [3.63, 3.8) is 0 Å². The molecule has 9 rings (SSSR count). The van der Waals surface area contributed by atoms with Crippen molar-refractivity contribution >= 4 is 86.0 Å². The summed E-state index contributed by atoms with van der Waals surface area (Å²) >= 11 is 0. The number of amides is 2. The van der Waals surface area contributed by atoms with E-state index < -0.39 is 47.4 Å². The maximum Gasteiger partial charge on any atom is 0.326 e. The van der Waals surface area contributed by atoms with Gasteiger partial charge in [-0.2, -0.15) is 9.97 Å². The Balaban J connectivity index is 0.944. The van der Waals surface area contributed by atoms with Crippen LogP contribution in [0.1, 0.15) is 159 Å². The summed E-state index contributed by atoms with van der Waals surface area (Å²) in [5.74, 6) is -5.69. The van der Waals surface area contributed by atoms with Gasteiger partial charge in [0.05, 0.1) is 42.3 Å². The summed E-state index contributed by atoms with van der Waals surface area (Å²) in [6, 6.07) is 11.0. The van der Waals surface area contributed by atoms with Crippen LogP contribution >= 0.6 is 0 Å². The van der Waals surface area contributed by atoms with Crippen LogP contribution in [-0.2, 0) is 25.7 Å². The minimum absolute atomic E-state index is 0.00250. The zero-order valence-electron chi connectivity index (χ0n) is 42.0. The number of carbonyl (C=O) groups is 6. The highest BCUT2D eigenvalue weighted by Crippen LogP contribution is 2.48. The fourth-order valence-electron chi connectivity index (χ4n) is 10.6. The maximum absolute atomic E-state index is 14.5. The van der Waals surface area contributed by atoms with Crippen LogP contribution in [0.25, 0.3) is 33.2 Å². The first-order chi connectivity index (χ1) is 35.4. The lowest BCUT2D eigenvalue weighted by molar-refractivity contribution is -0.142. The zero-order chi connectivity index (χ0) is 52.9. The molecular formula is C53H57N13O8. The summed E-state index contributed by atoms with van der Waals surface area (Å²) in [6.45, 7) is 11.6. The monoisotopic (exact) mass is 1000 g/mol. The first-order valence-electron chi connectivity index (χ1n) is 24.5. The summed E-state index contributed by atoms with van der Waals surface area (Å²) in [5, 5.41) is 18.7. The number of carbonyl (C=O) groups excluding carboxylic acids is 5. The zero-order valence-corrected chi connectivity index (χ0v) is 42.0. The van der Waals surface area contributed by atoms with Gasteiger partial charge in [0.2, 0.25) is 11.9 Å². The SMILES string of the molecule is CC[C@H]1c2cc3[nH]c4c(c3C)C(=O)C(C(=O)OC)c4c3nc(cc4[nH]c(cc(n2)[C@@H]1C)c(C(C)=O)c4C)[C@@H](C)[C@@H]3CCC(=O)NC(CCNC(=O)c1ccc(NCc2cnc3nc(N)nc(N)c3n2)cc1)C(=O)O. The van der Waals surface area contributed by atoms with Crippen LogP contribution in [0.4, 0.5) is 17.5 Å². The number of methoxy groups -OCH3 is 1. The number of nitrogens with two attached hydrogens (primary N) is 2. The maximum atomic E-state index is 14.5. The number of Topliss-reactive ketones (excluding diaryl/α,β-unsaturated/α-hetero) is 2. The molecule has 7 heterocycles. The van der Waals surface area contributed by atoms with Crippen molar-refractivity contribution in [3.8, 4) is 0 Å². The van der Waals surface area contributed by atoms with Crippen molar-refractivity contribution < 1.29 is 38.6 Å². The Morgan fingerprint density at radius 3 is 2.26 bits per heavy atom. The molecule has 1 aliphatic carbocycles. The third-order valence-electron chi connectivity index (χ3n) is 14.6. The first kappa shape index (κ1) is 50.3. The molecule has 8 bridgehead atoms. The number of aromatic nitrogens is 8. The highest BCUT2D eigenvalue weighted by molar-refractivity contribution is 6.23. The Morgan fingerprint density at radius 2 is 1.55 bits per heavy atom. The van der Waals surface area contributed by atoms with Gasteiger partial charge in [-0.1, -0.05) is 20.8 Å². The molecule has 3 aliphatic rings. The number of nitrogen functional groups attached to an aromatic ring is 2. The lowest BCUT2D eigenvalue weighted by Crippen LogP contribution is -2.43. The van der Waals surface area contributed by atoms with E-state index in [0.29, 0.717) is 83.7 Å². The predicted molar refractivity (Wildman–Crippen MR) is 276 cm³/mol. The minimum Gasteiger partial charge on any atom is -0.480 e. The fraction of sp³-hybridized carbons (Fsp3) is 0.358. The summed E-state index contributed by atoms with van der Waals surface area (Å²) in [4.78, 5) is 115. The Hall–Kier alpha value is -8.62. The average Bonchev–Trinajstić information content (AvgIpc) is 4.12. The number of ketones is 2. The van der Waals surface area contributed by atoms with Crippen molar-refractivity contribution in [2.24, 2.45) is 0 Å². The molecular weight excluding hydrogens is 947 g/mol. The van der Waals surface area contributed by atoms with Gasteiger partial charge in [0.25, 0.3) is 5.91 Å². The summed E-state index contributed by atoms with van der Waals surface area (Å²) < 4.78 is 5.24. The van der Waals surface area contributed by atoms with Crippen molar-refractivity contribution in [3.05, 3.63) is 111 Å². The molecule has 10 N–H and O–H groups in total. The average molecular weight is 1000 g/mol. The molecule has 0 spiro atoms. The Morgan fingerprint density at radius 1 is 0.865 bits per heavy atom. The number of nitrogens with one attached hydrogen (secondary N) is 5. The van der Waals surface area contributed by atoms with Crippen LogP contribution in [0.2, 0.25) is 0 Å². The third kappa shape index (κ3) is 9.35. The van der Waals surface area contributed by atoms with Gasteiger partial charge in [-0.3, -0.25) is 33.9 Å². The van der Waals surface area contributed by atoms with Crippen LogP contribution in [0, 0.1) is 13.8 Å². The van der Waals surface area contributed by atoms with E-state index in [1.54, 1.807) is 24.3 Å². The normalized spacial score (nSPS) is 18.3. The van der Waals surface area contributed by atoms with Gasteiger partial charge < -0.3 is 47.2 Å². The number of esters is 1. The van der Waals surface area contributed by atoms with Gasteiger partial charge >= 0.3 is 11.9 Å². The molecule has 74 heavy (non-hydrogen) atoms. The number of ether oxygens (including phenoxy) is 1. The number of H-pyrrole nitrogens is 2. The summed E-state index contributed by atoms with van der Waals surface area (Å²) in [7, 11) is 1.22. The number of benzene rings is 1. The standard InChI is InChI=1S/C53H57N13O8/c1-8-30-22(2)33-19-38-40(26(6)67)24(4)35(61-38)17-34-23(3)31(44(63-34)42-43(52(73)74-7)47(69)41-25(5)36(64-45(41)42)18-37(30)60-33)13-14-39(68)62-32(51(71)72)15-16-56-50(70)27-9-11-28(12-10-27)57-20-29-21-58-49-46(59-29)48(54)65-53(55)66-49/h9-12,17-19,21-23,30-32,43,57,61,64H,8,13-16,20H2,1-7H3,(H,56,70)(H,62,68)(H,71,72)(H4,54,55,58,65,66)/t22-,23+,30-,31+,32?,43?/m1/s1. The molecule has 2 unspecified atom stereocenters. The molecule has 2 aliphatic heterocycles. The first-order valence-corrected chi connectivity index (χ1v) is 24.5. The lowest BCUT2D eigenvalue weighted by atomic mass is 9.83. The molecule has 0 fully saturated rings. The quantitative estimate of drug-likeness (QED) is 0.0311. The number of aryl methyl sites for hydroxylation is 2. The van der Waals surface area contributed by atoms with Crippen molar-refractivity contribution in [1.29, 1.82) is 0 Å². The van der Waals surface area contributed by atoms with E-state index in [-0.39, 0.29) is 73.3 Å². The predicted octanol–water partition coefficient (Wildman–Crippen LogP) is 6.45. The Kier molecular flexibility index (Phi) is 13.7. The number of carboxylic acid groups (broad SMARTS) is 1. The Bertz CT molecular complexity index is 3500. The van der Waals surface area contributed by atoms with Crippen LogP contribution in [0.3, 0.4) is 0 Å². The van der Waals surface area contributed by atoms with E-state index >= 15 is 0 Å². The van der Waals surface area contributed by atoms with E-state index in [4.69, 9.17) is 26.2 Å². The molecule has 21 heteroatoms. The third-order valence-corrected chi connectivity index (χ3v) is 14.6. The number of carboxylic acids is 1. The number of hydrogen-bond donors (Lipinski definition) is 8. The molecule has 5 aromatic heterocycles. The molecule has 21 nitrogen and oxygen atoms in total. The van der Waals surface area contributed by atoms with Crippen molar-refractivity contribution in [1.82, 2.24) is 50.5 Å². The summed E-state index contributed by atoms with van der Waals surface area (Å²) in [5.41, 5.74) is 21.3. The van der Waals surface area contributed by atoms with Gasteiger partial charge in [-0.25, -0.2) is 14.8 Å². The van der Waals surface area contributed by atoms with Gasteiger partial charge in [-0.15, -0.1) is 0 Å². The van der Waals surface area contributed by atoms with Crippen LogP contribution in [0.5, 0.6) is 0 Å². The number of nitrogens with zero attached hydrogens (tertiary/aromatic N) is 6. The number of hydrogen-bond acceptors (Lipinski definition) is 16. The number of rotatable bonds is 15. The topological polar surface area (TPSA) is 329 Å². The molecule has 6 aromatic rings. The largest absolute Gasteiger partial charge is 0.480 e. The number of aliphatic carboxylic acids is 1. The van der Waals surface area contributed by atoms with Gasteiger partial charge in [0.1, 0.15) is 12.0 Å². The number of aromatic amines is 2. The van der Waals surface area contributed by atoms with Crippen molar-refractivity contribution in [2.45, 2.75) is 109 Å². The molecule has 0 radical (unpaired) electrons. The smallest absolute Gasteiger partial charge is 0.326 e. The highest BCUT2D eigenvalue weighted by Gasteiger charge is 2.45. The van der Waals surface area contributed by atoms with Gasteiger partial charge in [-0.05, 0) is 93.6 Å². The Labute approximate surface area is 424 Å². The second kappa shape index (κ2) is 20.1. The number of anilines is 3. The van der Waals surface area contributed by atoms with E-state index in [2.05, 4.69) is 59.7 Å². The molecule has 382 valence electrons. The molecule has 1 aromatic carbocycles.